The molecule has 0 saturated carbocycles. The summed E-state index contributed by atoms with van der Waals surface area (Å²) >= 11 is 0. The van der Waals surface area contributed by atoms with Crippen molar-refractivity contribution in [1.29, 1.82) is 0 Å². The number of carboxylic acids is 1. The summed E-state index contributed by atoms with van der Waals surface area (Å²) in [6.07, 6.45) is 11.6. The Morgan fingerprint density at radius 2 is 1.83 bits per heavy atom. The van der Waals surface area contributed by atoms with Crippen LogP contribution < -0.4 is 5.69 Å². The van der Waals surface area contributed by atoms with Crippen LogP contribution in [0.4, 0.5) is 0 Å². The molecule has 0 atom stereocenters. The van der Waals surface area contributed by atoms with E-state index in [1.165, 1.54) is 4.57 Å². The average Bonchev–Trinajstić information content (AvgIpc) is 3.17. The smallest absolute Gasteiger partial charge is 0.333 e. The maximum Gasteiger partial charge on any atom is 0.333 e. The van der Waals surface area contributed by atoms with E-state index >= 15 is 0 Å². The number of fused-ring (bicyclic) bond motifs is 1. The second-order valence-corrected chi connectivity index (χ2v) is 9.35. The van der Waals surface area contributed by atoms with Gasteiger partial charge in [-0.2, -0.15) is 0 Å². The molecule has 7 nitrogen and oxygen atoms in total. The standard InChI is InChI=1S/C28H26N4O3/c1-28(2,26(33)34)21-8-10-22(11-9-21)32-25(17-31(3)27(32)35)24-15-18(12-13-29-24)20-14-19-6-4-5-7-23(19)30-16-20/h4,6,8-17H,5,7H2,1-3H3,(H,33,34). The Balaban J connectivity index is 1.57. The van der Waals surface area contributed by atoms with Gasteiger partial charge in [-0.05, 0) is 73.7 Å². The molecule has 0 spiro atoms. The van der Waals surface area contributed by atoms with Crippen molar-refractivity contribution in [3.05, 3.63) is 94.4 Å². The largest absolute Gasteiger partial charge is 0.481 e. The molecule has 0 bridgehead atoms. The fraction of sp³-hybridized carbons (Fsp3) is 0.214. The molecule has 176 valence electrons. The van der Waals surface area contributed by atoms with Crippen molar-refractivity contribution in [2.45, 2.75) is 32.1 Å². The van der Waals surface area contributed by atoms with Gasteiger partial charge in [0, 0.05) is 36.9 Å². The van der Waals surface area contributed by atoms with E-state index in [1.807, 2.05) is 18.3 Å². The zero-order valence-electron chi connectivity index (χ0n) is 19.9. The van der Waals surface area contributed by atoms with Crippen LogP contribution in [0.15, 0.2) is 71.9 Å². The zero-order valence-corrected chi connectivity index (χ0v) is 19.9. The highest BCUT2D eigenvalue weighted by Gasteiger charge is 2.29. The molecule has 4 aromatic rings. The molecule has 3 heterocycles. The Labute approximate surface area is 203 Å². The Morgan fingerprint density at radius 1 is 1.06 bits per heavy atom. The summed E-state index contributed by atoms with van der Waals surface area (Å²) in [4.78, 5) is 33.9. The van der Waals surface area contributed by atoms with Crippen LogP contribution >= 0.6 is 0 Å². The Morgan fingerprint density at radius 3 is 2.57 bits per heavy atom. The summed E-state index contributed by atoms with van der Waals surface area (Å²) in [5.74, 6) is -0.906. The lowest BCUT2D eigenvalue weighted by Gasteiger charge is -2.20. The maximum atomic E-state index is 13.1. The van der Waals surface area contributed by atoms with Crippen LogP contribution in [-0.4, -0.2) is 30.2 Å². The minimum atomic E-state index is -1.03. The molecular weight excluding hydrogens is 440 g/mol. The quantitative estimate of drug-likeness (QED) is 0.463. The van der Waals surface area contributed by atoms with Gasteiger partial charge in [0.05, 0.1) is 22.5 Å². The van der Waals surface area contributed by atoms with E-state index in [9.17, 15) is 14.7 Å². The first-order valence-corrected chi connectivity index (χ1v) is 11.5. The molecule has 1 aliphatic rings. The lowest BCUT2D eigenvalue weighted by atomic mass is 9.85. The van der Waals surface area contributed by atoms with Crippen LogP contribution in [-0.2, 0) is 23.7 Å². The molecule has 0 radical (unpaired) electrons. The van der Waals surface area contributed by atoms with E-state index in [0.717, 1.165) is 35.2 Å². The molecular formula is C28H26N4O3. The highest BCUT2D eigenvalue weighted by atomic mass is 16.4. The normalized spacial score (nSPS) is 13.0. The van der Waals surface area contributed by atoms with Crippen LogP contribution in [0.5, 0.6) is 0 Å². The molecule has 0 amide bonds. The monoisotopic (exact) mass is 466 g/mol. The lowest BCUT2D eigenvalue weighted by molar-refractivity contribution is -0.142. The molecule has 0 aliphatic heterocycles. The average molecular weight is 467 g/mol. The Kier molecular flexibility index (Phi) is 5.47. The van der Waals surface area contributed by atoms with Crippen molar-refractivity contribution in [2.75, 3.05) is 0 Å². The van der Waals surface area contributed by atoms with Crippen LogP contribution in [0, 0.1) is 0 Å². The first kappa shape index (κ1) is 22.5. The van der Waals surface area contributed by atoms with Crippen LogP contribution in [0.3, 0.4) is 0 Å². The minimum Gasteiger partial charge on any atom is -0.481 e. The van der Waals surface area contributed by atoms with Crippen LogP contribution in [0.2, 0.25) is 0 Å². The fourth-order valence-electron chi connectivity index (χ4n) is 4.34. The number of carbonyl (C=O) groups is 1. The van der Waals surface area contributed by atoms with E-state index in [4.69, 9.17) is 0 Å². The van der Waals surface area contributed by atoms with Crippen molar-refractivity contribution >= 4 is 12.0 Å². The van der Waals surface area contributed by atoms with E-state index in [-0.39, 0.29) is 5.69 Å². The third-order valence-corrected chi connectivity index (χ3v) is 6.64. The molecule has 1 aromatic carbocycles. The molecule has 35 heavy (non-hydrogen) atoms. The third kappa shape index (κ3) is 3.99. The van der Waals surface area contributed by atoms with E-state index in [2.05, 4.69) is 28.2 Å². The first-order chi connectivity index (χ1) is 16.8. The van der Waals surface area contributed by atoms with Gasteiger partial charge < -0.3 is 9.67 Å². The number of benzene rings is 1. The van der Waals surface area contributed by atoms with E-state index in [0.29, 0.717) is 22.6 Å². The van der Waals surface area contributed by atoms with Gasteiger partial charge >= 0.3 is 11.7 Å². The van der Waals surface area contributed by atoms with Crippen LogP contribution in [0.25, 0.3) is 34.3 Å². The van der Waals surface area contributed by atoms with E-state index < -0.39 is 11.4 Å². The number of rotatable bonds is 5. The highest BCUT2D eigenvalue weighted by Crippen LogP contribution is 2.29. The number of hydrogen-bond acceptors (Lipinski definition) is 4. The molecule has 1 aliphatic carbocycles. The molecule has 1 N–H and O–H groups in total. The van der Waals surface area contributed by atoms with Crippen molar-refractivity contribution < 1.29 is 9.90 Å². The second-order valence-electron chi connectivity index (χ2n) is 9.35. The SMILES string of the molecule is Cn1cc(-c2cc(-c3cnc4c(c3)C=CCC4)ccn2)n(-c2ccc(C(C)(C)C(=O)O)cc2)c1=O. The van der Waals surface area contributed by atoms with Gasteiger partial charge in [0.15, 0.2) is 0 Å². The Bertz CT molecular complexity index is 1520. The number of hydrogen-bond donors (Lipinski definition) is 1. The molecule has 5 rings (SSSR count). The highest BCUT2D eigenvalue weighted by molar-refractivity contribution is 5.80. The molecule has 0 saturated heterocycles. The number of carboxylic acid groups (broad SMARTS) is 1. The van der Waals surface area contributed by atoms with Crippen molar-refractivity contribution in [3.8, 4) is 28.2 Å². The van der Waals surface area contributed by atoms with Crippen LogP contribution in [0.1, 0.15) is 37.1 Å². The predicted octanol–water partition coefficient (Wildman–Crippen LogP) is 4.62. The number of imidazole rings is 1. The molecule has 3 aromatic heterocycles. The minimum absolute atomic E-state index is 0.210. The fourth-order valence-corrected chi connectivity index (χ4v) is 4.34. The second kappa shape index (κ2) is 8.51. The number of nitrogens with zero attached hydrogens (tertiary/aromatic N) is 4. The number of aliphatic carboxylic acids is 1. The van der Waals surface area contributed by atoms with Gasteiger partial charge in [-0.3, -0.25) is 19.3 Å². The van der Waals surface area contributed by atoms with Gasteiger partial charge in [0.2, 0.25) is 0 Å². The Hall–Kier alpha value is -4.26. The lowest BCUT2D eigenvalue weighted by Crippen LogP contribution is -2.28. The molecule has 0 unspecified atom stereocenters. The number of aryl methyl sites for hydroxylation is 2. The van der Waals surface area contributed by atoms with Crippen molar-refractivity contribution in [1.82, 2.24) is 19.1 Å². The van der Waals surface area contributed by atoms with Crippen molar-refractivity contribution in [2.24, 2.45) is 7.05 Å². The van der Waals surface area contributed by atoms with Gasteiger partial charge in [-0.25, -0.2) is 4.79 Å². The summed E-state index contributed by atoms with van der Waals surface area (Å²) < 4.78 is 3.11. The summed E-state index contributed by atoms with van der Waals surface area (Å²) in [5.41, 5.74) is 5.56. The van der Waals surface area contributed by atoms with Gasteiger partial charge in [0.25, 0.3) is 0 Å². The number of aromatic nitrogens is 4. The summed E-state index contributed by atoms with van der Waals surface area (Å²) in [7, 11) is 1.70. The summed E-state index contributed by atoms with van der Waals surface area (Å²) in [5, 5.41) is 9.53. The van der Waals surface area contributed by atoms with Gasteiger partial charge in [-0.1, -0.05) is 24.3 Å². The number of allylic oxidation sites excluding steroid dienone is 1. The summed E-state index contributed by atoms with van der Waals surface area (Å²) in [6.45, 7) is 3.32. The molecule has 7 heteroatoms. The van der Waals surface area contributed by atoms with Gasteiger partial charge in [0.1, 0.15) is 0 Å². The topological polar surface area (TPSA) is 90.0 Å². The summed E-state index contributed by atoms with van der Waals surface area (Å²) in [6, 6.07) is 13.1. The van der Waals surface area contributed by atoms with Crippen molar-refractivity contribution in [3.63, 3.8) is 0 Å². The third-order valence-electron chi connectivity index (χ3n) is 6.64. The predicted molar refractivity (Wildman–Crippen MR) is 135 cm³/mol. The van der Waals surface area contributed by atoms with Gasteiger partial charge in [-0.15, -0.1) is 0 Å². The maximum absolute atomic E-state index is 13.1. The zero-order chi connectivity index (χ0) is 24.7. The first-order valence-electron chi connectivity index (χ1n) is 11.5. The van der Waals surface area contributed by atoms with E-state index in [1.54, 1.807) is 62.1 Å². The number of pyridine rings is 2. The molecule has 0 fully saturated rings.